The molecule has 2 aromatic rings. The van der Waals surface area contributed by atoms with Crippen LogP contribution >= 0.6 is 0 Å². The summed E-state index contributed by atoms with van der Waals surface area (Å²) in [6.45, 7) is 4.34. The van der Waals surface area contributed by atoms with E-state index >= 15 is 0 Å². The van der Waals surface area contributed by atoms with Crippen molar-refractivity contribution >= 4 is 11.9 Å². The first-order valence-electron chi connectivity index (χ1n) is 8.15. The number of carbonyl (C=O) groups is 1. The van der Waals surface area contributed by atoms with Crippen molar-refractivity contribution in [1.29, 1.82) is 0 Å². The zero-order chi connectivity index (χ0) is 16.1. The first-order valence-corrected chi connectivity index (χ1v) is 8.15. The van der Waals surface area contributed by atoms with Gasteiger partial charge in [0.1, 0.15) is 5.69 Å². The molecule has 5 nitrogen and oxygen atoms in total. The van der Waals surface area contributed by atoms with Gasteiger partial charge in [0, 0.05) is 25.3 Å². The number of amides is 1. The standard InChI is InChI=1S/C18H22N4O/c1-14-12-16(17(23)19-13-15-8-4-2-5-9-15)21-18(20-14)22-10-6-3-7-11-22/h2,4-5,8-9,12H,3,6-7,10-11,13H2,1H3,(H,19,23). The Labute approximate surface area is 136 Å². The van der Waals surface area contributed by atoms with E-state index in [2.05, 4.69) is 20.2 Å². The molecule has 23 heavy (non-hydrogen) atoms. The number of nitrogens with one attached hydrogen (secondary N) is 1. The van der Waals surface area contributed by atoms with Crippen molar-refractivity contribution in [3.63, 3.8) is 0 Å². The molecule has 2 heterocycles. The minimum Gasteiger partial charge on any atom is -0.347 e. The Morgan fingerprint density at radius 1 is 1.13 bits per heavy atom. The van der Waals surface area contributed by atoms with E-state index in [1.807, 2.05) is 37.3 Å². The number of nitrogens with zero attached hydrogens (tertiary/aromatic N) is 3. The van der Waals surface area contributed by atoms with Crippen LogP contribution in [0.3, 0.4) is 0 Å². The molecule has 1 aromatic carbocycles. The Bertz CT molecular complexity index is 666. The molecular formula is C18H22N4O. The van der Waals surface area contributed by atoms with Gasteiger partial charge in [-0.2, -0.15) is 0 Å². The van der Waals surface area contributed by atoms with Gasteiger partial charge in [-0.3, -0.25) is 4.79 Å². The van der Waals surface area contributed by atoms with Crippen LogP contribution in [0.2, 0.25) is 0 Å². The summed E-state index contributed by atoms with van der Waals surface area (Å²) in [5, 5.41) is 2.92. The van der Waals surface area contributed by atoms with Gasteiger partial charge in [-0.1, -0.05) is 30.3 Å². The molecule has 0 saturated carbocycles. The molecule has 0 spiro atoms. The zero-order valence-corrected chi connectivity index (χ0v) is 13.5. The van der Waals surface area contributed by atoms with Gasteiger partial charge in [-0.25, -0.2) is 9.97 Å². The maximum atomic E-state index is 12.4. The number of piperidine rings is 1. The van der Waals surface area contributed by atoms with Gasteiger partial charge >= 0.3 is 0 Å². The maximum absolute atomic E-state index is 12.4. The number of aromatic nitrogens is 2. The highest BCUT2D eigenvalue weighted by Crippen LogP contribution is 2.16. The fourth-order valence-corrected chi connectivity index (χ4v) is 2.77. The number of hydrogen-bond donors (Lipinski definition) is 1. The van der Waals surface area contributed by atoms with E-state index < -0.39 is 0 Å². The first kappa shape index (κ1) is 15.5. The molecule has 0 radical (unpaired) electrons. The topological polar surface area (TPSA) is 58.1 Å². The Balaban J connectivity index is 1.71. The molecule has 0 unspecified atom stereocenters. The smallest absolute Gasteiger partial charge is 0.270 e. The van der Waals surface area contributed by atoms with Crippen LogP contribution in [0.25, 0.3) is 0 Å². The van der Waals surface area contributed by atoms with E-state index in [0.29, 0.717) is 18.2 Å². The van der Waals surface area contributed by atoms with Crippen molar-refractivity contribution < 1.29 is 4.79 Å². The number of aryl methyl sites for hydroxylation is 1. The fourth-order valence-electron chi connectivity index (χ4n) is 2.77. The average Bonchev–Trinajstić information content (AvgIpc) is 2.61. The lowest BCUT2D eigenvalue weighted by Gasteiger charge is -2.27. The third-order valence-electron chi connectivity index (χ3n) is 4.01. The van der Waals surface area contributed by atoms with Gasteiger partial charge in [0.15, 0.2) is 0 Å². The minimum absolute atomic E-state index is 0.155. The summed E-state index contributed by atoms with van der Waals surface area (Å²) in [5.41, 5.74) is 2.34. The SMILES string of the molecule is Cc1cc(C(=O)NCc2ccccc2)nc(N2CCCCC2)n1. The Kier molecular flexibility index (Phi) is 4.86. The monoisotopic (exact) mass is 310 g/mol. The Hall–Kier alpha value is -2.43. The van der Waals surface area contributed by atoms with E-state index in [0.717, 1.165) is 37.2 Å². The van der Waals surface area contributed by atoms with E-state index in [1.165, 1.54) is 6.42 Å². The summed E-state index contributed by atoms with van der Waals surface area (Å²) in [5.74, 6) is 0.521. The first-order chi connectivity index (χ1) is 11.2. The van der Waals surface area contributed by atoms with Crippen LogP contribution in [-0.2, 0) is 6.54 Å². The number of hydrogen-bond acceptors (Lipinski definition) is 4. The average molecular weight is 310 g/mol. The van der Waals surface area contributed by atoms with Crippen LogP contribution in [0.1, 0.15) is 41.0 Å². The number of rotatable bonds is 4. The van der Waals surface area contributed by atoms with Gasteiger partial charge in [0.05, 0.1) is 0 Å². The van der Waals surface area contributed by atoms with Crippen LogP contribution in [0.15, 0.2) is 36.4 Å². The quantitative estimate of drug-likeness (QED) is 0.943. The second-order valence-electron chi connectivity index (χ2n) is 5.91. The summed E-state index contributed by atoms with van der Waals surface area (Å²) in [6, 6.07) is 11.6. The van der Waals surface area contributed by atoms with E-state index in [-0.39, 0.29) is 5.91 Å². The number of carbonyl (C=O) groups excluding carboxylic acids is 1. The number of benzene rings is 1. The molecule has 3 rings (SSSR count). The Morgan fingerprint density at radius 3 is 2.61 bits per heavy atom. The molecule has 1 aliphatic heterocycles. The highest BCUT2D eigenvalue weighted by atomic mass is 16.1. The molecule has 1 fully saturated rings. The summed E-state index contributed by atoms with van der Waals surface area (Å²) in [4.78, 5) is 23.5. The van der Waals surface area contributed by atoms with Crippen molar-refractivity contribution in [2.45, 2.75) is 32.7 Å². The zero-order valence-electron chi connectivity index (χ0n) is 13.5. The van der Waals surface area contributed by atoms with Crippen molar-refractivity contribution in [2.24, 2.45) is 0 Å². The van der Waals surface area contributed by atoms with Crippen LogP contribution < -0.4 is 10.2 Å². The molecule has 1 aromatic heterocycles. The third-order valence-corrected chi connectivity index (χ3v) is 4.01. The predicted molar refractivity (Wildman–Crippen MR) is 90.4 cm³/mol. The predicted octanol–water partition coefficient (Wildman–Crippen LogP) is 2.71. The van der Waals surface area contributed by atoms with Crippen molar-refractivity contribution in [2.75, 3.05) is 18.0 Å². The van der Waals surface area contributed by atoms with Crippen molar-refractivity contribution in [3.8, 4) is 0 Å². The minimum atomic E-state index is -0.155. The summed E-state index contributed by atoms with van der Waals surface area (Å²) in [7, 11) is 0. The molecule has 1 saturated heterocycles. The van der Waals surface area contributed by atoms with Crippen LogP contribution in [-0.4, -0.2) is 29.0 Å². The lowest BCUT2D eigenvalue weighted by molar-refractivity contribution is 0.0945. The van der Waals surface area contributed by atoms with Gasteiger partial charge in [-0.05, 0) is 37.8 Å². The number of anilines is 1. The molecule has 0 bridgehead atoms. The highest BCUT2D eigenvalue weighted by Gasteiger charge is 2.17. The van der Waals surface area contributed by atoms with Crippen LogP contribution in [0.5, 0.6) is 0 Å². The molecule has 5 heteroatoms. The van der Waals surface area contributed by atoms with E-state index in [9.17, 15) is 4.79 Å². The highest BCUT2D eigenvalue weighted by molar-refractivity contribution is 5.92. The summed E-state index contributed by atoms with van der Waals surface area (Å²) >= 11 is 0. The fraction of sp³-hybridized carbons (Fsp3) is 0.389. The maximum Gasteiger partial charge on any atom is 0.270 e. The molecule has 1 aliphatic rings. The molecule has 0 atom stereocenters. The van der Waals surface area contributed by atoms with Gasteiger partial charge in [-0.15, -0.1) is 0 Å². The van der Waals surface area contributed by atoms with Crippen molar-refractivity contribution in [3.05, 3.63) is 53.3 Å². The van der Waals surface area contributed by atoms with E-state index in [4.69, 9.17) is 0 Å². The van der Waals surface area contributed by atoms with Crippen LogP contribution in [0.4, 0.5) is 5.95 Å². The lowest BCUT2D eigenvalue weighted by Crippen LogP contribution is -2.32. The largest absolute Gasteiger partial charge is 0.347 e. The normalized spacial score (nSPS) is 14.6. The molecule has 120 valence electrons. The second kappa shape index (κ2) is 7.22. The summed E-state index contributed by atoms with van der Waals surface area (Å²) in [6.07, 6.45) is 3.58. The molecule has 1 amide bonds. The molecular weight excluding hydrogens is 288 g/mol. The lowest BCUT2D eigenvalue weighted by atomic mass is 10.1. The van der Waals surface area contributed by atoms with E-state index in [1.54, 1.807) is 6.07 Å². The van der Waals surface area contributed by atoms with Crippen molar-refractivity contribution in [1.82, 2.24) is 15.3 Å². The second-order valence-corrected chi connectivity index (χ2v) is 5.91. The van der Waals surface area contributed by atoms with Crippen LogP contribution in [0, 0.1) is 6.92 Å². The Morgan fingerprint density at radius 2 is 1.87 bits per heavy atom. The summed E-state index contributed by atoms with van der Waals surface area (Å²) < 4.78 is 0. The molecule has 1 N–H and O–H groups in total. The third kappa shape index (κ3) is 4.06. The van der Waals surface area contributed by atoms with Gasteiger partial charge in [0.2, 0.25) is 5.95 Å². The molecule has 0 aliphatic carbocycles. The van der Waals surface area contributed by atoms with Gasteiger partial charge in [0.25, 0.3) is 5.91 Å². The van der Waals surface area contributed by atoms with Gasteiger partial charge < -0.3 is 10.2 Å².